The van der Waals surface area contributed by atoms with Gasteiger partial charge in [-0.25, -0.2) is 4.79 Å². The smallest absolute Gasteiger partial charge is 0.330 e. The summed E-state index contributed by atoms with van der Waals surface area (Å²) in [5.41, 5.74) is 0. The van der Waals surface area contributed by atoms with Crippen LogP contribution in [0.3, 0.4) is 0 Å². The summed E-state index contributed by atoms with van der Waals surface area (Å²) in [6, 6.07) is 0.303. The van der Waals surface area contributed by atoms with E-state index in [1.54, 1.807) is 20.1 Å². The molecule has 94 valence electrons. The second-order valence-corrected chi connectivity index (χ2v) is 3.87. The van der Waals surface area contributed by atoms with E-state index in [2.05, 4.69) is 19.2 Å². The van der Waals surface area contributed by atoms with Crippen molar-refractivity contribution in [2.24, 2.45) is 5.92 Å². The van der Waals surface area contributed by atoms with E-state index in [0.717, 1.165) is 0 Å². The van der Waals surface area contributed by atoms with Gasteiger partial charge in [-0.05, 0) is 12.8 Å². The largest absolute Gasteiger partial charge is 0.463 e. The van der Waals surface area contributed by atoms with Crippen LogP contribution in [0.5, 0.6) is 0 Å². The molecule has 1 unspecified atom stereocenters. The molecule has 0 aromatic heterocycles. The van der Waals surface area contributed by atoms with Gasteiger partial charge >= 0.3 is 5.97 Å². The zero-order chi connectivity index (χ0) is 12.4. The highest BCUT2D eigenvalue weighted by Crippen LogP contribution is 2.01. The molecule has 0 spiro atoms. The van der Waals surface area contributed by atoms with Crippen LogP contribution in [-0.2, 0) is 14.3 Å². The minimum absolute atomic E-state index is 0.294. The molecule has 0 radical (unpaired) electrons. The molecule has 0 aliphatic rings. The minimum atomic E-state index is -0.294. The maximum atomic E-state index is 11.0. The maximum Gasteiger partial charge on any atom is 0.330 e. The predicted molar refractivity (Wildman–Crippen MR) is 64.3 cm³/mol. The quantitative estimate of drug-likeness (QED) is 0.504. The number of carbonyl (C=O) groups is 1. The van der Waals surface area contributed by atoms with Crippen molar-refractivity contribution in [3.8, 4) is 0 Å². The van der Waals surface area contributed by atoms with Crippen LogP contribution in [0.1, 0.15) is 20.8 Å². The Bertz CT molecular complexity index is 214. The van der Waals surface area contributed by atoms with Crippen LogP contribution in [0.2, 0.25) is 0 Å². The summed E-state index contributed by atoms with van der Waals surface area (Å²) in [5.74, 6) is 0.202. The van der Waals surface area contributed by atoms with Gasteiger partial charge in [0.25, 0.3) is 0 Å². The lowest BCUT2D eigenvalue weighted by Gasteiger charge is -2.20. The van der Waals surface area contributed by atoms with Crippen molar-refractivity contribution < 1.29 is 14.3 Å². The molecular weight excluding hydrogens is 206 g/mol. The van der Waals surface area contributed by atoms with Crippen LogP contribution in [0.15, 0.2) is 12.2 Å². The molecule has 0 saturated carbocycles. The first-order valence-corrected chi connectivity index (χ1v) is 5.67. The van der Waals surface area contributed by atoms with Gasteiger partial charge in [0, 0.05) is 25.8 Å². The van der Waals surface area contributed by atoms with Crippen molar-refractivity contribution in [3.63, 3.8) is 0 Å². The molecule has 0 bridgehead atoms. The summed E-state index contributed by atoms with van der Waals surface area (Å²) in [5, 5.41) is 3.30. The molecule has 0 aromatic carbocycles. The Kier molecular flexibility index (Phi) is 8.85. The van der Waals surface area contributed by atoms with Crippen molar-refractivity contribution in [2.45, 2.75) is 26.8 Å². The summed E-state index contributed by atoms with van der Waals surface area (Å²) >= 11 is 0. The fourth-order valence-corrected chi connectivity index (χ4v) is 1.23. The lowest BCUT2D eigenvalue weighted by molar-refractivity contribution is -0.137. The summed E-state index contributed by atoms with van der Waals surface area (Å²) in [4.78, 5) is 11.0. The lowest BCUT2D eigenvalue weighted by atomic mass is 10.1. The summed E-state index contributed by atoms with van der Waals surface area (Å²) in [6.45, 7) is 7.78. The third-order valence-electron chi connectivity index (χ3n) is 2.19. The Balaban J connectivity index is 3.80. The molecule has 0 saturated heterocycles. The number of carbonyl (C=O) groups excluding carboxylic acids is 1. The molecule has 0 rings (SSSR count). The Labute approximate surface area is 98.0 Å². The number of hydrogen-bond donors (Lipinski definition) is 1. The third-order valence-corrected chi connectivity index (χ3v) is 2.19. The van der Waals surface area contributed by atoms with Gasteiger partial charge < -0.3 is 14.8 Å². The Hall–Kier alpha value is -0.870. The van der Waals surface area contributed by atoms with Gasteiger partial charge in [-0.15, -0.1) is 0 Å². The van der Waals surface area contributed by atoms with Gasteiger partial charge in [0.2, 0.25) is 0 Å². The van der Waals surface area contributed by atoms with E-state index in [1.165, 1.54) is 6.08 Å². The Morgan fingerprint density at radius 3 is 2.62 bits per heavy atom. The molecular formula is C12H23NO3. The van der Waals surface area contributed by atoms with E-state index in [1.807, 2.05) is 0 Å². The van der Waals surface area contributed by atoms with Crippen LogP contribution in [0, 0.1) is 5.92 Å². The monoisotopic (exact) mass is 229 g/mol. The maximum absolute atomic E-state index is 11.0. The number of esters is 1. The van der Waals surface area contributed by atoms with Crippen molar-refractivity contribution in [1.82, 2.24) is 5.32 Å². The minimum Gasteiger partial charge on any atom is -0.463 e. The molecule has 1 atom stereocenters. The average molecular weight is 229 g/mol. The number of methoxy groups -OCH3 is 1. The number of nitrogens with one attached hydrogen (secondary N) is 1. The normalized spacial score (nSPS) is 13.3. The van der Waals surface area contributed by atoms with E-state index in [-0.39, 0.29) is 5.97 Å². The van der Waals surface area contributed by atoms with E-state index in [0.29, 0.717) is 31.7 Å². The molecule has 0 fully saturated rings. The van der Waals surface area contributed by atoms with Crippen LogP contribution in [-0.4, -0.2) is 38.9 Å². The van der Waals surface area contributed by atoms with Gasteiger partial charge in [0.1, 0.15) is 0 Å². The lowest BCUT2D eigenvalue weighted by Crippen LogP contribution is -2.37. The predicted octanol–water partition coefficient (Wildman–Crippen LogP) is 1.37. The van der Waals surface area contributed by atoms with E-state index in [9.17, 15) is 4.79 Å². The summed E-state index contributed by atoms with van der Waals surface area (Å²) < 4.78 is 9.87. The first kappa shape index (κ1) is 15.1. The molecule has 1 N–H and O–H groups in total. The number of hydrogen-bond acceptors (Lipinski definition) is 4. The molecule has 0 aromatic rings. The second kappa shape index (κ2) is 9.36. The van der Waals surface area contributed by atoms with Crippen molar-refractivity contribution >= 4 is 5.97 Å². The van der Waals surface area contributed by atoms with Crippen LogP contribution >= 0.6 is 0 Å². The second-order valence-electron chi connectivity index (χ2n) is 3.87. The van der Waals surface area contributed by atoms with Gasteiger partial charge in [-0.3, -0.25) is 0 Å². The van der Waals surface area contributed by atoms with Gasteiger partial charge in [0.15, 0.2) is 0 Å². The van der Waals surface area contributed by atoms with Gasteiger partial charge in [-0.1, -0.05) is 19.9 Å². The fourth-order valence-electron chi connectivity index (χ4n) is 1.23. The first-order chi connectivity index (χ1) is 7.61. The topological polar surface area (TPSA) is 47.6 Å². The van der Waals surface area contributed by atoms with Crippen molar-refractivity contribution in [1.29, 1.82) is 0 Å². The first-order valence-electron chi connectivity index (χ1n) is 5.67. The fraction of sp³-hybridized carbons (Fsp3) is 0.750. The van der Waals surface area contributed by atoms with Crippen LogP contribution in [0.4, 0.5) is 0 Å². The molecule has 0 aliphatic heterocycles. The summed E-state index contributed by atoms with van der Waals surface area (Å²) in [6.07, 6.45) is 3.21. The van der Waals surface area contributed by atoms with Crippen LogP contribution in [0.25, 0.3) is 0 Å². The van der Waals surface area contributed by atoms with E-state index >= 15 is 0 Å². The Morgan fingerprint density at radius 1 is 1.44 bits per heavy atom. The highest BCUT2D eigenvalue weighted by molar-refractivity contribution is 5.81. The van der Waals surface area contributed by atoms with Crippen molar-refractivity contribution in [2.75, 3.05) is 26.9 Å². The zero-order valence-corrected chi connectivity index (χ0v) is 10.7. The van der Waals surface area contributed by atoms with E-state index in [4.69, 9.17) is 9.47 Å². The van der Waals surface area contributed by atoms with Gasteiger partial charge in [0.05, 0.1) is 13.2 Å². The number of ether oxygens (including phenoxy) is 2. The Morgan fingerprint density at radius 2 is 2.12 bits per heavy atom. The third kappa shape index (κ3) is 7.43. The highest BCUT2D eigenvalue weighted by Gasteiger charge is 2.10. The summed E-state index contributed by atoms with van der Waals surface area (Å²) in [7, 11) is 1.69. The molecule has 4 heteroatoms. The van der Waals surface area contributed by atoms with Crippen LogP contribution < -0.4 is 5.32 Å². The molecule has 4 nitrogen and oxygen atoms in total. The zero-order valence-electron chi connectivity index (χ0n) is 10.7. The number of rotatable bonds is 8. The molecule has 0 heterocycles. The molecule has 16 heavy (non-hydrogen) atoms. The standard InChI is InChI=1S/C12H23NO3/c1-5-16-12(14)7-6-8-13-11(9-15-4)10(2)3/h6-7,10-11,13H,5,8-9H2,1-4H3/b7-6+. The SMILES string of the molecule is CCOC(=O)/C=C/CNC(COC)C(C)C. The van der Waals surface area contributed by atoms with E-state index < -0.39 is 0 Å². The molecule has 0 amide bonds. The average Bonchev–Trinajstić information content (AvgIpc) is 2.22. The molecule has 0 aliphatic carbocycles. The van der Waals surface area contributed by atoms with Crippen molar-refractivity contribution in [3.05, 3.63) is 12.2 Å². The highest BCUT2D eigenvalue weighted by atomic mass is 16.5. The van der Waals surface area contributed by atoms with Gasteiger partial charge in [-0.2, -0.15) is 0 Å².